The van der Waals surface area contributed by atoms with E-state index in [1.54, 1.807) is 4.90 Å². The fourth-order valence-corrected chi connectivity index (χ4v) is 4.44. The summed E-state index contributed by atoms with van der Waals surface area (Å²) in [5.74, 6) is -1.98. The largest absolute Gasteiger partial charge is 0.361 e. The Morgan fingerprint density at radius 2 is 1.96 bits per heavy atom. The number of halogens is 2. The standard InChI is InChI=1S/C20H23F2N3O.C2H6/c1-4-25(5-2)20(26)12-6-13-16(24(3)10-12)7-11-9-23-15-8-14(21)19(22)18(13)17(11)15;1-2/h6,8-9,12,16,23H,4-5,7,10H2,1-3H3;1-2H3. The van der Waals surface area contributed by atoms with Gasteiger partial charge in [0.2, 0.25) is 5.91 Å². The molecule has 2 aliphatic rings. The predicted molar refractivity (Wildman–Crippen MR) is 109 cm³/mol. The van der Waals surface area contributed by atoms with Gasteiger partial charge in [-0.15, -0.1) is 0 Å². The highest BCUT2D eigenvalue weighted by Crippen LogP contribution is 2.43. The number of benzene rings is 1. The van der Waals surface area contributed by atoms with Crippen molar-refractivity contribution in [3.8, 4) is 0 Å². The first kappa shape index (κ1) is 20.5. The molecule has 1 aliphatic carbocycles. The highest BCUT2D eigenvalue weighted by Gasteiger charge is 2.38. The van der Waals surface area contributed by atoms with Crippen LogP contribution in [0.4, 0.5) is 8.78 Å². The van der Waals surface area contributed by atoms with Gasteiger partial charge >= 0.3 is 0 Å². The van der Waals surface area contributed by atoms with Crippen LogP contribution in [0.15, 0.2) is 18.3 Å². The molecule has 2 atom stereocenters. The Hall–Kier alpha value is -2.21. The highest BCUT2D eigenvalue weighted by molar-refractivity contribution is 5.99. The van der Waals surface area contributed by atoms with Gasteiger partial charge in [0.15, 0.2) is 11.6 Å². The number of fused-ring (bicyclic) bond motifs is 2. The lowest BCUT2D eigenvalue weighted by Crippen LogP contribution is -2.47. The highest BCUT2D eigenvalue weighted by atomic mass is 19.2. The molecule has 0 saturated heterocycles. The van der Waals surface area contributed by atoms with Crippen molar-refractivity contribution in [2.45, 2.75) is 40.2 Å². The summed E-state index contributed by atoms with van der Waals surface area (Å²) in [6.07, 6.45) is 4.44. The molecule has 1 aromatic carbocycles. The van der Waals surface area contributed by atoms with Gasteiger partial charge < -0.3 is 9.88 Å². The number of nitrogens with zero attached hydrogens (tertiary/aromatic N) is 2. The van der Waals surface area contributed by atoms with Gasteiger partial charge in [0.1, 0.15) is 0 Å². The van der Waals surface area contributed by atoms with E-state index in [0.29, 0.717) is 30.7 Å². The Morgan fingerprint density at radius 1 is 1.29 bits per heavy atom. The number of carbonyl (C=O) groups is 1. The summed E-state index contributed by atoms with van der Waals surface area (Å²) < 4.78 is 29.0. The summed E-state index contributed by atoms with van der Waals surface area (Å²) in [6.45, 7) is 9.77. The van der Waals surface area contributed by atoms with E-state index >= 15 is 0 Å². The Balaban J connectivity index is 0.00000109. The molecule has 0 spiro atoms. The van der Waals surface area contributed by atoms with Crippen molar-refractivity contribution in [2.24, 2.45) is 5.92 Å². The number of aromatic nitrogens is 1. The van der Waals surface area contributed by atoms with Crippen LogP contribution in [-0.2, 0) is 11.2 Å². The average molecular weight is 389 g/mol. The second-order valence-electron chi connectivity index (χ2n) is 7.18. The molecule has 0 saturated carbocycles. The zero-order valence-electron chi connectivity index (χ0n) is 17.3. The van der Waals surface area contributed by atoms with Gasteiger partial charge in [-0.2, -0.15) is 0 Å². The Bertz CT molecular complexity index is 914. The number of hydrogen-bond donors (Lipinski definition) is 1. The molecule has 0 radical (unpaired) electrons. The Kier molecular flexibility index (Phi) is 5.89. The van der Waals surface area contributed by atoms with E-state index in [1.807, 2.05) is 47.0 Å². The fraction of sp³-hybridized carbons (Fsp3) is 0.500. The van der Waals surface area contributed by atoms with E-state index in [1.165, 1.54) is 6.07 Å². The van der Waals surface area contributed by atoms with E-state index in [0.717, 1.165) is 22.9 Å². The zero-order chi connectivity index (χ0) is 20.6. The van der Waals surface area contributed by atoms with Crippen LogP contribution in [0.2, 0.25) is 0 Å². The third-order valence-corrected chi connectivity index (χ3v) is 5.79. The molecule has 0 fully saturated rings. The van der Waals surface area contributed by atoms with Gasteiger partial charge in [0.25, 0.3) is 0 Å². The molecule has 1 aromatic heterocycles. The summed E-state index contributed by atoms with van der Waals surface area (Å²) >= 11 is 0. The van der Waals surface area contributed by atoms with E-state index in [4.69, 9.17) is 0 Å². The van der Waals surface area contributed by atoms with Crippen molar-refractivity contribution in [2.75, 3.05) is 26.7 Å². The van der Waals surface area contributed by atoms with E-state index in [9.17, 15) is 13.6 Å². The monoisotopic (exact) mass is 389 g/mol. The first-order valence-corrected chi connectivity index (χ1v) is 10.1. The number of H-pyrrole nitrogens is 1. The third-order valence-electron chi connectivity index (χ3n) is 5.79. The molecular formula is C22H29F2N3O. The normalized spacial score (nSPS) is 20.9. The van der Waals surface area contributed by atoms with Crippen molar-refractivity contribution in [1.82, 2.24) is 14.8 Å². The summed E-state index contributed by atoms with van der Waals surface area (Å²) in [7, 11) is 1.95. The smallest absolute Gasteiger partial charge is 0.230 e. The minimum Gasteiger partial charge on any atom is -0.361 e. The maximum Gasteiger partial charge on any atom is 0.230 e. The van der Waals surface area contributed by atoms with Crippen molar-refractivity contribution < 1.29 is 13.6 Å². The van der Waals surface area contributed by atoms with Gasteiger partial charge in [-0.1, -0.05) is 19.9 Å². The number of likely N-dealkylation sites (N-methyl/N-ethyl adjacent to an activating group) is 1. The molecule has 1 N–H and O–H groups in total. The van der Waals surface area contributed by atoms with Crippen molar-refractivity contribution in [3.63, 3.8) is 0 Å². The maximum absolute atomic E-state index is 14.8. The van der Waals surface area contributed by atoms with Gasteiger partial charge in [-0.3, -0.25) is 9.69 Å². The molecule has 6 heteroatoms. The molecule has 4 nitrogen and oxygen atoms in total. The van der Waals surface area contributed by atoms with Gasteiger partial charge in [0, 0.05) is 54.4 Å². The Morgan fingerprint density at radius 3 is 2.61 bits per heavy atom. The predicted octanol–water partition coefficient (Wildman–Crippen LogP) is 4.21. The van der Waals surface area contributed by atoms with E-state index in [2.05, 4.69) is 9.88 Å². The summed E-state index contributed by atoms with van der Waals surface area (Å²) in [4.78, 5) is 19.8. The van der Waals surface area contributed by atoms with Crippen LogP contribution < -0.4 is 0 Å². The lowest BCUT2D eigenvalue weighted by Gasteiger charge is -2.40. The van der Waals surface area contributed by atoms with E-state index in [-0.39, 0.29) is 17.9 Å². The van der Waals surface area contributed by atoms with E-state index < -0.39 is 11.6 Å². The van der Waals surface area contributed by atoms with Gasteiger partial charge in [0.05, 0.1) is 5.92 Å². The van der Waals surface area contributed by atoms with Crippen molar-refractivity contribution in [1.29, 1.82) is 0 Å². The molecule has 2 heterocycles. The summed E-state index contributed by atoms with van der Waals surface area (Å²) in [5, 5.41) is 0.746. The molecule has 1 amide bonds. The van der Waals surface area contributed by atoms with Crippen LogP contribution in [0.5, 0.6) is 0 Å². The maximum atomic E-state index is 14.8. The number of carbonyl (C=O) groups excluding carboxylic acids is 1. The number of rotatable bonds is 3. The van der Waals surface area contributed by atoms with Crippen LogP contribution in [-0.4, -0.2) is 53.4 Å². The number of amides is 1. The SMILES string of the molecule is CC.CCN(CC)C(=O)C1C=C2c3c(F)c(F)cc4[nH]cc(c34)CC2N(C)C1. The number of hydrogen-bond acceptors (Lipinski definition) is 2. The first-order chi connectivity index (χ1) is 13.5. The average Bonchev–Trinajstić information content (AvgIpc) is 3.10. The van der Waals surface area contributed by atoms with Crippen LogP contribution in [0.1, 0.15) is 38.8 Å². The second-order valence-corrected chi connectivity index (χ2v) is 7.18. The zero-order valence-corrected chi connectivity index (χ0v) is 17.3. The number of aromatic amines is 1. The van der Waals surface area contributed by atoms with Crippen LogP contribution in [0.3, 0.4) is 0 Å². The molecule has 4 rings (SSSR count). The molecule has 2 unspecified atom stereocenters. The summed E-state index contributed by atoms with van der Waals surface area (Å²) in [5.41, 5.74) is 2.65. The fourth-order valence-electron chi connectivity index (χ4n) is 4.44. The van der Waals surface area contributed by atoms with Crippen LogP contribution in [0.25, 0.3) is 16.5 Å². The lowest BCUT2D eigenvalue weighted by molar-refractivity contribution is -0.134. The first-order valence-electron chi connectivity index (χ1n) is 10.1. The molecule has 0 bridgehead atoms. The van der Waals surface area contributed by atoms with Crippen molar-refractivity contribution >= 4 is 22.4 Å². The third kappa shape index (κ3) is 3.13. The van der Waals surface area contributed by atoms with Gasteiger partial charge in [-0.05, 0) is 38.5 Å². The molecule has 28 heavy (non-hydrogen) atoms. The molecule has 1 aliphatic heterocycles. The van der Waals surface area contributed by atoms with Crippen LogP contribution >= 0.6 is 0 Å². The molecule has 152 valence electrons. The minimum absolute atomic E-state index is 0.0423. The number of nitrogens with one attached hydrogen (secondary N) is 1. The van der Waals surface area contributed by atoms with Crippen LogP contribution in [0, 0.1) is 17.6 Å². The van der Waals surface area contributed by atoms with Gasteiger partial charge in [-0.25, -0.2) is 8.78 Å². The topological polar surface area (TPSA) is 39.3 Å². The minimum atomic E-state index is -0.859. The summed E-state index contributed by atoms with van der Waals surface area (Å²) in [6, 6.07) is 1.17. The second kappa shape index (κ2) is 8.03. The molecule has 2 aromatic rings. The molecular weight excluding hydrogens is 360 g/mol. The van der Waals surface area contributed by atoms with Crippen molar-refractivity contribution in [3.05, 3.63) is 41.1 Å². The Labute approximate surface area is 165 Å². The quantitative estimate of drug-likeness (QED) is 0.854. The lowest BCUT2D eigenvalue weighted by atomic mass is 9.79.